The van der Waals surface area contributed by atoms with Crippen molar-refractivity contribution in [3.63, 3.8) is 0 Å². The number of carbonyl (C=O) groups excluding carboxylic acids is 1. The molecule has 0 unspecified atom stereocenters. The number of para-hydroxylation sites is 1. The molecule has 1 aliphatic rings. The van der Waals surface area contributed by atoms with E-state index < -0.39 is 0 Å². The van der Waals surface area contributed by atoms with E-state index in [2.05, 4.69) is 15.4 Å². The minimum atomic E-state index is 0.0965. The van der Waals surface area contributed by atoms with Gasteiger partial charge in [-0.05, 0) is 11.6 Å². The number of fused-ring (bicyclic) bond motifs is 5. The summed E-state index contributed by atoms with van der Waals surface area (Å²) in [5.41, 5.74) is 5.49. The third-order valence-corrected chi connectivity index (χ3v) is 4.20. The predicted molar refractivity (Wildman–Crippen MR) is 100 cm³/mol. The number of benzene rings is 2. The zero-order valence-electron chi connectivity index (χ0n) is 14.8. The van der Waals surface area contributed by atoms with Crippen LogP contribution in [0, 0.1) is 0 Å². The average molecular weight is 334 g/mol. The molecular weight excluding hydrogens is 312 g/mol. The molecule has 2 aromatic carbocycles. The topological polar surface area (TPSA) is 61.9 Å². The Morgan fingerprint density at radius 1 is 1.00 bits per heavy atom. The Labute approximate surface area is 147 Å². The van der Waals surface area contributed by atoms with Crippen molar-refractivity contribution in [1.82, 2.24) is 15.4 Å². The molecule has 0 spiro atoms. The standard InChI is InChI=1S/C18H16N4O.C2H6/c1-2-16(23)22-11-12-7-3-4-8-13(12)17-18(20-21-19-17)14-9-5-6-10-15(14)22;1-2/h3-10H,2,11H2,1H3,(H,19,20,21);1-2H3. The Hall–Kier alpha value is -2.95. The summed E-state index contributed by atoms with van der Waals surface area (Å²) in [7, 11) is 0. The maximum atomic E-state index is 12.5. The first-order chi connectivity index (χ1) is 12.3. The highest BCUT2D eigenvalue weighted by Gasteiger charge is 2.26. The summed E-state index contributed by atoms with van der Waals surface area (Å²) in [6, 6.07) is 15.9. The van der Waals surface area contributed by atoms with Crippen LogP contribution in [0.25, 0.3) is 22.5 Å². The van der Waals surface area contributed by atoms with E-state index in [9.17, 15) is 4.79 Å². The Balaban J connectivity index is 0.000000880. The number of aromatic nitrogens is 3. The minimum Gasteiger partial charge on any atom is -0.307 e. The number of hydrogen-bond donors (Lipinski definition) is 1. The van der Waals surface area contributed by atoms with Crippen molar-refractivity contribution in [3.8, 4) is 22.5 Å². The monoisotopic (exact) mass is 334 g/mol. The van der Waals surface area contributed by atoms with Gasteiger partial charge in [0.05, 0.1) is 12.2 Å². The Kier molecular flexibility index (Phi) is 4.93. The van der Waals surface area contributed by atoms with Crippen LogP contribution < -0.4 is 4.90 Å². The van der Waals surface area contributed by atoms with Crippen molar-refractivity contribution >= 4 is 11.6 Å². The van der Waals surface area contributed by atoms with Crippen LogP contribution in [0.15, 0.2) is 48.5 Å². The summed E-state index contributed by atoms with van der Waals surface area (Å²) in [5, 5.41) is 11.4. The number of amides is 1. The van der Waals surface area contributed by atoms with Crippen LogP contribution >= 0.6 is 0 Å². The largest absolute Gasteiger partial charge is 0.307 e. The molecule has 0 saturated heterocycles. The maximum Gasteiger partial charge on any atom is 0.227 e. The van der Waals surface area contributed by atoms with Crippen LogP contribution in [-0.2, 0) is 11.3 Å². The predicted octanol–water partition coefficient (Wildman–Crippen LogP) is 4.42. The molecule has 2 heterocycles. The van der Waals surface area contributed by atoms with Gasteiger partial charge >= 0.3 is 0 Å². The van der Waals surface area contributed by atoms with Crippen molar-refractivity contribution in [1.29, 1.82) is 0 Å². The molecule has 1 aliphatic heterocycles. The quantitative estimate of drug-likeness (QED) is 0.716. The van der Waals surface area contributed by atoms with Gasteiger partial charge in [0.15, 0.2) is 0 Å². The number of carbonyl (C=O) groups is 1. The summed E-state index contributed by atoms with van der Waals surface area (Å²) in [4.78, 5) is 14.4. The molecule has 0 atom stereocenters. The molecule has 0 saturated carbocycles. The van der Waals surface area contributed by atoms with Crippen LogP contribution in [0.5, 0.6) is 0 Å². The minimum absolute atomic E-state index is 0.0965. The second-order valence-corrected chi connectivity index (χ2v) is 5.53. The number of anilines is 1. The molecule has 128 valence electrons. The number of nitrogens with one attached hydrogen (secondary N) is 1. The lowest BCUT2D eigenvalue weighted by Crippen LogP contribution is -2.31. The number of H-pyrrole nitrogens is 1. The third kappa shape index (κ3) is 2.93. The van der Waals surface area contributed by atoms with Crippen LogP contribution in [0.3, 0.4) is 0 Å². The van der Waals surface area contributed by atoms with Crippen LogP contribution in [0.1, 0.15) is 32.8 Å². The number of nitrogens with zero attached hydrogens (tertiary/aromatic N) is 3. The molecule has 5 heteroatoms. The second-order valence-electron chi connectivity index (χ2n) is 5.53. The molecular formula is C20H22N4O. The van der Waals surface area contributed by atoms with E-state index in [1.165, 1.54) is 0 Å². The van der Waals surface area contributed by atoms with Gasteiger partial charge in [0.1, 0.15) is 11.4 Å². The Bertz CT molecular complexity index is 885. The van der Waals surface area contributed by atoms with Crippen molar-refractivity contribution in [2.24, 2.45) is 0 Å². The summed E-state index contributed by atoms with van der Waals surface area (Å²) in [5.74, 6) is 0.0965. The van der Waals surface area contributed by atoms with E-state index in [-0.39, 0.29) is 5.91 Å². The number of rotatable bonds is 1. The summed E-state index contributed by atoms with van der Waals surface area (Å²) in [6.45, 7) is 6.42. The maximum absolute atomic E-state index is 12.5. The van der Waals surface area contributed by atoms with Gasteiger partial charge in [-0.1, -0.05) is 63.2 Å². The van der Waals surface area contributed by atoms with Gasteiger partial charge in [-0.3, -0.25) is 4.79 Å². The van der Waals surface area contributed by atoms with Crippen molar-refractivity contribution in [2.45, 2.75) is 33.7 Å². The van der Waals surface area contributed by atoms with Gasteiger partial charge in [0, 0.05) is 17.5 Å². The van der Waals surface area contributed by atoms with Crippen LogP contribution in [0.2, 0.25) is 0 Å². The SMILES string of the molecule is CC.CCC(=O)N1Cc2ccccc2-c2n[nH]nc2-c2ccccc21. The van der Waals surface area contributed by atoms with Gasteiger partial charge < -0.3 is 4.90 Å². The molecule has 1 amide bonds. The van der Waals surface area contributed by atoms with E-state index >= 15 is 0 Å². The zero-order valence-corrected chi connectivity index (χ0v) is 14.8. The molecule has 4 rings (SSSR count). The fraction of sp³-hybridized carbons (Fsp3) is 0.250. The van der Waals surface area contributed by atoms with Crippen LogP contribution in [0.4, 0.5) is 5.69 Å². The van der Waals surface area contributed by atoms with E-state index in [0.29, 0.717) is 13.0 Å². The normalized spacial score (nSPS) is 11.9. The van der Waals surface area contributed by atoms with Gasteiger partial charge in [0.2, 0.25) is 5.91 Å². The van der Waals surface area contributed by atoms with E-state index in [1.807, 2.05) is 74.2 Å². The Morgan fingerprint density at radius 2 is 1.60 bits per heavy atom. The lowest BCUT2D eigenvalue weighted by molar-refractivity contribution is -0.118. The molecule has 1 N–H and O–H groups in total. The highest BCUT2D eigenvalue weighted by Crippen LogP contribution is 2.39. The first kappa shape index (κ1) is 16.9. The van der Waals surface area contributed by atoms with Gasteiger partial charge in [-0.15, -0.1) is 0 Å². The van der Waals surface area contributed by atoms with E-state index in [1.54, 1.807) is 0 Å². The summed E-state index contributed by atoms with van der Waals surface area (Å²) >= 11 is 0. The number of aromatic amines is 1. The fourth-order valence-electron chi connectivity index (χ4n) is 3.07. The molecule has 5 nitrogen and oxygen atoms in total. The first-order valence-corrected chi connectivity index (χ1v) is 8.68. The first-order valence-electron chi connectivity index (χ1n) is 8.68. The van der Waals surface area contributed by atoms with Gasteiger partial charge in [0.25, 0.3) is 0 Å². The average Bonchev–Trinajstić information content (AvgIpc) is 3.15. The van der Waals surface area contributed by atoms with E-state index in [0.717, 1.165) is 33.8 Å². The smallest absolute Gasteiger partial charge is 0.227 e. The fourth-order valence-corrected chi connectivity index (χ4v) is 3.07. The zero-order chi connectivity index (χ0) is 17.8. The lowest BCUT2D eigenvalue weighted by atomic mass is 9.96. The Morgan fingerprint density at radius 3 is 2.32 bits per heavy atom. The van der Waals surface area contributed by atoms with Crippen molar-refractivity contribution in [2.75, 3.05) is 4.90 Å². The molecule has 3 aromatic rings. The molecule has 0 bridgehead atoms. The molecule has 0 radical (unpaired) electrons. The molecule has 0 fully saturated rings. The molecule has 25 heavy (non-hydrogen) atoms. The van der Waals surface area contributed by atoms with Gasteiger partial charge in [-0.2, -0.15) is 15.4 Å². The third-order valence-electron chi connectivity index (χ3n) is 4.20. The highest BCUT2D eigenvalue weighted by molar-refractivity contribution is 5.99. The van der Waals surface area contributed by atoms with Crippen molar-refractivity contribution < 1.29 is 4.79 Å². The summed E-state index contributed by atoms with van der Waals surface area (Å²) < 4.78 is 0. The van der Waals surface area contributed by atoms with Crippen LogP contribution in [-0.4, -0.2) is 21.3 Å². The number of hydrogen-bond acceptors (Lipinski definition) is 3. The van der Waals surface area contributed by atoms with Gasteiger partial charge in [-0.25, -0.2) is 0 Å². The second kappa shape index (κ2) is 7.30. The van der Waals surface area contributed by atoms with Crippen molar-refractivity contribution in [3.05, 3.63) is 54.1 Å². The highest BCUT2D eigenvalue weighted by atomic mass is 16.2. The molecule has 0 aliphatic carbocycles. The summed E-state index contributed by atoms with van der Waals surface area (Å²) in [6.07, 6.45) is 0.460. The lowest BCUT2D eigenvalue weighted by Gasteiger charge is -2.27. The van der Waals surface area contributed by atoms with E-state index in [4.69, 9.17) is 0 Å². The molecule has 1 aromatic heterocycles.